The lowest BCUT2D eigenvalue weighted by atomic mass is 9.93. The van der Waals surface area contributed by atoms with Crippen molar-refractivity contribution in [1.82, 2.24) is 10.3 Å². The number of carbonyl (C=O) groups excluding carboxylic acids is 1. The number of nitrogens with zero attached hydrogens (tertiary/aromatic N) is 1. The Hall–Kier alpha value is -2.14. The summed E-state index contributed by atoms with van der Waals surface area (Å²) >= 11 is 0. The maximum Gasteiger partial charge on any atom is 0.226 e. The highest BCUT2D eigenvalue weighted by molar-refractivity contribution is 5.91. The first-order valence-corrected chi connectivity index (χ1v) is 8.67. The molecule has 0 unspecified atom stereocenters. The molecule has 5 nitrogen and oxygen atoms in total. The van der Waals surface area contributed by atoms with Gasteiger partial charge in [-0.25, -0.2) is 4.98 Å². The molecule has 1 aliphatic rings. The van der Waals surface area contributed by atoms with Gasteiger partial charge >= 0.3 is 0 Å². The molecule has 0 saturated carbocycles. The van der Waals surface area contributed by atoms with Crippen molar-refractivity contribution in [1.29, 1.82) is 0 Å². The van der Waals surface area contributed by atoms with Crippen LogP contribution >= 0.6 is 0 Å². The van der Waals surface area contributed by atoms with Crippen LogP contribution in [0.25, 0.3) is 11.5 Å². The topological polar surface area (TPSA) is 67.2 Å². The molecule has 0 atom stereocenters. The fourth-order valence-corrected chi connectivity index (χ4v) is 3.06. The summed E-state index contributed by atoms with van der Waals surface area (Å²) in [5.74, 6) is 2.16. The molecule has 1 aromatic heterocycles. The average molecular weight is 327 g/mol. The molecule has 1 amide bonds. The molecule has 0 spiro atoms. The Balaban J connectivity index is 1.58. The maximum atomic E-state index is 12.2. The number of rotatable bonds is 5. The van der Waals surface area contributed by atoms with Gasteiger partial charge in [-0.05, 0) is 70.3 Å². The second kappa shape index (κ2) is 7.62. The van der Waals surface area contributed by atoms with E-state index in [4.69, 9.17) is 4.42 Å². The quantitative estimate of drug-likeness (QED) is 0.879. The molecular formula is C19H25N3O2. The Labute approximate surface area is 142 Å². The SMILES string of the molecule is Cc1nc(-c2cccc(NC(=O)CCC3CCNCC3)c2)oc1C. The number of amides is 1. The zero-order chi connectivity index (χ0) is 16.9. The van der Waals surface area contributed by atoms with Crippen LogP contribution in [0.1, 0.15) is 37.1 Å². The largest absolute Gasteiger partial charge is 0.441 e. The molecule has 1 fully saturated rings. The predicted octanol–water partition coefficient (Wildman–Crippen LogP) is 3.68. The van der Waals surface area contributed by atoms with E-state index in [1.54, 1.807) is 0 Å². The van der Waals surface area contributed by atoms with E-state index in [1.807, 2.05) is 38.1 Å². The third-order valence-corrected chi connectivity index (χ3v) is 4.66. The van der Waals surface area contributed by atoms with Crippen LogP contribution in [0, 0.1) is 19.8 Å². The van der Waals surface area contributed by atoms with Crippen LogP contribution in [0.4, 0.5) is 5.69 Å². The van der Waals surface area contributed by atoms with Crippen molar-refractivity contribution in [2.75, 3.05) is 18.4 Å². The summed E-state index contributed by atoms with van der Waals surface area (Å²) in [5.41, 5.74) is 2.56. The van der Waals surface area contributed by atoms with Gasteiger partial charge in [0.2, 0.25) is 11.8 Å². The monoisotopic (exact) mass is 327 g/mol. The number of aryl methyl sites for hydroxylation is 2. The first kappa shape index (κ1) is 16.7. The van der Waals surface area contributed by atoms with Crippen molar-refractivity contribution in [3.05, 3.63) is 35.7 Å². The normalized spacial score (nSPS) is 15.4. The molecule has 3 rings (SSSR count). The third-order valence-electron chi connectivity index (χ3n) is 4.66. The van der Waals surface area contributed by atoms with Crippen molar-refractivity contribution in [3.8, 4) is 11.5 Å². The fourth-order valence-electron chi connectivity index (χ4n) is 3.06. The van der Waals surface area contributed by atoms with Crippen LogP contribution in [0.3, 0.4) is 0 Å². The minimum absolute atomic E-state index is 0.0745. The van der Waals surface area contributed by atoms with E-state index in [-0.39, 0.29) is 5.91 Å². The standard InChI is InChI=1S/C19H25N3O2/c1-13-14(2)24-19(21-13)16-4-3-5-17(12-16)22-18(23)7-6-15-8-10-20-11-9-15/h3-5,12,15,20H,6-11H2,1-2H3,(H,22,23). The number of benzene rings is 1. The van der Waals surface area contributed by atoms with Crippen LogP contribution in [0.5, 0.6) is 0 Å². The van der Waals surface area contributed by atoms with Crippen LogP contribution in [0.15, 0.2) is 28.7 Å². The number of carbonyl (C=O) groups is 1. The zero-order valence-corrected chi connectivity index (χ0v) is 14.4. The second-order valence-electron chi connectivity index (χ2n) is 6.52. The van der Waals surface area contributed by atoms with Gasteiger partial charge in [-0.2, -0.15) is 0 Å². The van der Waals surface area contributed by atoms with Gasteiger partial charge in [0, 0.05) is 17.7 Å². The molecule has 2 aromatic rings. The van der Waals surface area contributed by atoms with Gasteiger partial charge in [0.05, 0.1) is 5.69 Å². The predicted molar refractivity (Wildman–Crippen MR) is 94.9 cm³/mol. The van der Waals surface area contributed by atoms with Crippen molar-refractivity contribution in [2.24, 2.45) is 5.92 Å². The Bertz CT molecular complexity index is 683. The lowest BCUT2D eigenvalue weighted by Gasteiger charge is -2.22. The van der Waals surface area contributed by atoms with Crippen molar-refractivity contribution < 1.29 is 9.21 Å². The van der Waals surface area contributed by atoms with E-state index in [1.165, 1.54) is 12.8 Å². The summed E-state index contributed by atoms with van der Waals surface area (Å²) in [6, 6.07) is 7.66. The molecule has 128 valence electrons. The molecule has 0 radical (unpaired) electrons. The highest BCUT2D eigenvalue weighted by Crippen LogP contribution is 2.24. The van der Waals surface area contributed by atoms with Crippen LogP contribution in [0.2, 0.25) is 0 Å². The Kier molecular flexibility index (Phi) is 5.30. The molecule has 2 heterocycles. The number of oxazole rings is 1. The summed E-state index contributed by atoms with van der Waals surface area (Å²) in [6.45, 7) is 5.97. The average Bonchev–Trinajstić information content (AvgIpc) is 2.93. The number of hydrogen-bond acceptors (Lipinski definition) is 4. The lowest BCUT2D eigenvalue weighted by molar-refractivity contribution is -0.116. The molecule has 1 aliphatic heterocycles. The summed E-state index contributed by atoms with van der Waals surface area (Å²) in [7, 11) is 0. The van der Waals surface area contributed by atoms with Gasteiger partial charge in [-0.3, -0.25) is 4.79 Å². The Morgan fingerprint density at radius 1 is 1.33 bits per heavy atom. The zero-order valence-electron chi connectivity index (χ0n) is 14.4. The minimum atomic E-state index is 0.0745. The summed E-state index contributed by atoms with van der Waals surface area (Å²) in [4.78, 5) is 16.6. The second-order valence-corrected chi connectivity index (χ2v) is 6.52. The fraction of sp³-hybridized carbons (Fsp3) is 0.474. The molecule has 0 aliphatic carbocycles. The molecule has 0 bridgehead atoms. The van der Waals surface area contributed by atoms with Gasteiger partial charge in [-0.15, -0.1) is 0 Å². The molecule has 1 aromatic carbocycles. The Morgan fingerprint density at radius 2 is 2.12 bits per heavy atom. The summed E-state index contributed by atoms with van der Waals surface area (Å²) in [5, 5.41) is 6.34. The lowest BCUT2D eigenvalue weighted by Crippen LogP contribution is -2.28. The highest BCUT2D eigenvalue weighted by Gasteiger charge is 2.15. The van der Waals surface area contributed by atoms with E-state index in [9.17, 15) is 4.79 Å². The molecule has 24 heavy (non-hydrogen) atoms. The van der Waals surface area contributed by atoms with Crippen LogP contribution < -0.4 is 10.6 Å². The smallest absolute Gasteiger partial charge is 0.226 e. The van der Waals surface area contributed by atoms with E-state index in [2.05, 4.69) is 15.6 Å². The number of hydrogen-bond donors (Lipinski definition) is 2. The minimum Gasteiger partial charge on any atom is -0.441 e. The van der Waals surface area contributed by atoms with Gasteiger partial charge in [0.25, 0.3) is 0 Å². The number of piperidine rings is 1. The van der Waals surface area contributed by atoms with Crippen molar-refractivity contribution >= 4 is 11.6 Å². The van der Waals surface area contributed by atoms with Crippen LogP contribution in [-0.2, 0) is 4.79 Å². The number of anilines is 1. The summed E-state index contributed by atoms with van der Waals surface area (Å²) in [6.07, 6.45) is 3.88. The molecular weight excluding hydrogens is 302 g/mol. The Morgan fingerprint density at radius 3 is 2.83 bits per heavy atom. The van der Waals surface area contributed by atoms with Crippen LogP contribution in [-0.4, -0.2) is 24.0 Å². The molecule has 2 N–H and O–H groups in total. The van der Waals surface area contributed by atoms with Crippen molar-refractivity contribution in [3.63, 3.8) is 0 Å². The van der Waals surface area contributed by atoms with Gasteiger partial charge in [0.15, 0.2) is 0 Å². The number of aromatic nitrogens is 1. The van der Waals surface area contributed by atoms with Crippen molar-refractivity contribution in [2.45, 2.75) is 39.5 Å². The van der Waals surface area contributed by atoms with E-state index >= 15 is 0 Å². The van der Waals surface area contributed by atoms with E-state index < -0.39 is 0 Å². The van der Waals surface area contributed by atoms with Gasteiger partial charge in [-0.1, -0.05) is 6.07 Å². The molecule has 1 saturated heterocycles. The van der Waals surface area contributed by atoms with E-state index in [0.717, 1.165) is 42.2 Å². The first-order valence-electron chi connectivity index (χ1n) is 8.67. The summed E-state index contributed by atoms with van der Waals surface area (Å²) < 4.78 is 5.66. The van der Waals surface area contributed by atoms with Gasteiger partial charge in [0.1, 0.15) is 5.76 Å². The van der Waals surface area contributed by atoms with E-state index in [0.29, 0.717) is 18.2 Å². The third kappa shape index (κ3) is 4.23. The molecule has 5 heteroatoms. The maximum absolute atomic E-state index is 12.2. The first-order chi connectivity index (χ1) is 11.6. The highest BCUT2D eigenvalue weighted by atomic mass is 16.4. The number of nitrogens with one attached hydrogen (secondary N) is 2. The van der Waals surface area contributed by atoms with Gasteiger partial charge < -0.3 is 15.1 Å².